The highest BCUT2D eigenvalue weighted by Crippen LogP contribution is 2.23. The second-order valence-electron chi connectivity index (χ2n) is 4.59. The molecule has 0 bridgehead atoms. The Morgan fingerprint density at radius 2 is 2.30 bits per heavy atom. The Bertz CT molecular complexity index is 648. The third-order valence-corrected chi connectivity index (χ3v) is 4.90. The van der Waals surface area contributed by atoms with Crippen LogP contribution in [0.25, 0.3) is 0 Å². The van der Waals surface area contributed by atoms with E-state index >= 15 is 0 Å². The maximum absolute atomic E-state index is 11.5. The molecule has 1 saturated heterocycles. The van der Waals surface area contributed by atoms with Crippen LogP contribution in [-0.4, -0.2) is 48.6 Å². The van der Waals surface area contributed by atoms with Gasteiger partial charge in [-0.1, -0.05) is 0 Å². The zero-order valence-electron chi connectivity index (χ0n) is 10.6. The van der Waals surface area contributed by atoms with Crippen LogP contribution >= 0.6 is 0 Å². The van der Waals surface area contributed by atoms with E-state index in [2.05, 4.69) is 4.98 Å². The van der Waals surface area contributed by atoms with Crippen molar-refractivity contribution in [2.45, 2.75) is 12.5 Å². The Hall–Kier alpha value is -2.14. The van der Waals surface area contributed by atoms with E-state index in [9.17, 15) is 13.2 Å². The van der Waals surface area contributed by atoms with Gasteiger partial charge in [-0.15, -0.1) is 0 Å². The van der Waals surface area contributed by atoms with E-state index < -0.39 is 15.8 Å². The SMILES string of the molecule is N#Cc1ccc(N(CC(=O)O)C2CCS(=O)(=O)C2)cn1. The summed E-state index contributed by atoms with van der Waals surface area (Å²) in [7, 11) is -3.10. The first-order valence-electron chi connectivity index (χ1n) is 5.96. The molecule has 1 unspecified atom stereocenters. The molecule has 20 heavy (non-hydrogen) atoms. The van der Waals surface area contributed by atoms with Crippen LogP contribution in [0.3, 0.4) is 0 Å². The minimum atomic E-state index is -3.10. The summed E-state index contributed by atoms with van der Waals surface area (Å²) in [4.78, 5) is 16.4. The molecular formula is C12H13N3O4S. The maximum Gasteiger partial charge on any atom is 0.323 e. The molecule has 0 amide bonds. The Morgan fingerprint density at radius 3 is 2.75 bits per heavy atom. The number of hydrogen-bond acceptors (Lipinski definition) is 6. The first-order chi connectivity index (χ1) is 9.41. The number of aromatic nitrogens is 1. The van der Waals surface area contributed by atoms with Crippen LogP contribution in [0.5, 0.6) is 0 Å². The number of hydrogen-bond donors (Lipinski definition) is 1. The number of pyridine rings is 1. The van der Waals surface area contributed by atoms with Gasteiger partial charge in [-0.25, -0.2) is 13.4 Å². The van der Waals surface area contributed by atoms with Crippen LogP contribution in [0.15, 0.2) is 18.3 Å². The van der Waals surface area contributed by atoms with Gasteiger partial charge in [0.05, 0.1) is 23.4 Å². The molecule has 0 saturated carbocycles. The van der Waals surface area contributed by atoms with Crippen molar-refractivity contribution in [2.75, 3.05) is 23.0 Å². The summed E-state index contributed by atoms with van der Waals surface area (Å²) in [6, 6.07) is 4.57. The van der Waals surface area contributed by atoms with Gasteiger partial charge in [-0.2, -0.15) is 5.26 Å². The van der Waals surface area contributed by atoms with Crippen LogP contribution in [0.2, 0.25) is 0 Å². The van der Waals surface area contributed by atoms with Crippen LogP contribution in [0.1, 0.15) is 12.1 Å². The molecule has 7 nitrogen and oxygen atoms in total. The minimum absolute atomic E-state index is 0.0553. The summed E-state index contributed by atoms with van der Waals surface area (Å²) < 4.78 is 23.1. The number of carboxylic acid groups (broad SMARTS) is 1. The van der Waals surface area contributed by atoms with Crippen molar-refractivity contribution in [1.82, 2.24) is 4.98 Å². The number of nitriles is 1. The van der Waals surface area contributed by atoms with Gasteiger partial charge in [0.1, 0.15) is 18.3 Å². The monoisotopic (exact) mass is 295 g/mol. The molecule has 106 valence electrons. The lowest BCUT2D eigenvalue weighted by Gasteiger charge is -2.28. The molecule has 0 spiro atoms. The average molecular weight is 295 g/mol. The standard InChI is InChI=1S/C12H13N3O4S/c13-5-9-1-2-10(6-14-9)15(7-12(16)17)11-3-4-20(18,19)8-11/h1-2,6,11H,3-4,7-8H2,(H,16,17). The molecule has 1 aromatic rings. The lowest BCUT2D eigenvalue weighted by Crippen LogP contribution is -2.40. The van der Waals surface area contributed by atoms with Crippen molar-refractivity contribution in [3.8, 4) is 6.07 Å². The van der Waals surface area contributed by atoms with Crippen molar-refractivity contribution in [3.63, 3.8) is 0 Å². The Labute approximate surface area is 116 Å². The molecule has 0 aliphatic carbocycles. The second kappa shape index (κ2) is 5.46. The zero-order valence-corrected chi connectivity index (χ0v) is 11.4. The van der Waals surface area contributed by atoms with Crippen molar-refractivity contribution in [3.05, 3.63) is 24.0 Å². The number of carbonyl (C=O) groups is 1. The largest absolute Gasteiger partial charge is 0.480 e. The molecule has 1 atom stereocenters. The maximum atomic E-state index is 11.5. The third kappa shape index (κ3) is 3.24. The Morgan fingerprint density at radius 1 is 1.55 bits per heavy atom. The van der Waals surface area contributed by atoms with Crippen molar-refractivity contribution in [2.24, 2.45) is 0 Å². The van der Waals surface area contributed by atoms with E-state index in [1.54, 1.807) is 6.07 Å². The van der Waals surface area contributed by atoms with Gasteiger partial charge in [0, 0.05) is 6.04 Å². The van der Waals surface area contributed by atoms with Gasteiger partial charge >= 0.3 is 5.97 Å². The summed E-state index contributed by atoms with van der Waals surface area (Å²) in [5.41, 5.74) is 0.733. The molecule has 2 heterocycles. The Balaban J connectivity index is 2.27. The number of anilines is 1. The van der Waals surface area contributed by atoms with E-state index in [1.165, 1.54) is 17.2 Å². The highest BCUT2D eigenvalue weighted by molar-refractivity contribution is 7.91. The normalized spacial score (nSPS) is 20.2. The van der Waals surface area contributed by atoms with Crippen LogP contribution in [0, 0.1) is 11.3 Å². The predicted octanol–water partition coefficient (Wildman–Crippen LogP) is 0.0314. The Kier molecular flexibility index (Phi) is 3.90. The van der Waals surface area contributed by atoms with Gasteiger partial charge in [0.15, 0.2) is 9.84 Å². The van der Waals surface area contributed by atoms with Crippen molar-refractivity contribution >= 4 is 21.5 Å². The second-order valence-corrected chi connectivity index (χ2v) is 6.82. The van der Waals surface area contributed by atoms with Gasteiger partial charge in [-0.05, 0) is 18.6 Å². The fourth-order valence-electron chi connectivity index (χ4n) is 2.22. The third-order valence-electron chi connectivity index (χ3n) is 3.15. The first kappa shape index (κ1) is 14.3. The van der Waals surface area contributed by atoms with E-state index in [4.69, 9.17) is 10.4 Å². The zero-order chi connectivity index (χ0) is 14.8. The number of rotatable bonds is 4. The lowest BCUT2D eigenvalue weighted by molar-refractivity contribution is -0.135. The summed E-state index contributed by atoms with van der Waals surface area (Å²) in [6.45, 7) is -0.298. The van der Waals surface area contributed by atoms with Crippen molar-refractivity contribution < 1.29 is 18.3 Å². The highest BCUT2D eigenvalue weighted by Gasteiger charge is 2.33. The first-order valence-corrected chi connectivity index (χ1v) is 7.78. The van der Waals surface area contributed by atoms with Gasteiger partial charge in [-0.3, -0.25) is 4.79 Å². The molecule has 1 aliphatic heterocycles. The molecule has 0 radical (unpaired) electrons. The predicted molar refractivity (Wildman–Crippen MR) is 71.0 cm³/mol. The summed E-state index contributed by atoms with van der Waals surface area (Å²) in [6.07, 6.45) is 1.79. The number of carboxylic acids is 1. The fraction of sp³-hybridized carbons (Fsp3) is 0.417. The quantitative estimate of drug-likeness (QED) is 0.834. The smallest absolute Gasteiger partial charge is 0.323 e. The highest BCUT2D eigenvalue weighted by atomic mass is 32.2. The van der Waals surface area contributed by atoms with Gasteiger partial charge < -0.3 is 10.0 Å². The van der Waals surface area contributed by atoms with E-state index in [0.717, 1.165) is 0 Å². The lowest BCUT2D eigenvalue weighted by atomic mass is 10.2. The molecule has 1 aromatic heterocycles. The number of sulfone groups is 1. The molecule has 1 fully saturated rings. The van der Waals surface area contributed by atoms with Crippen LogP contribution < -0.4 is 4.90 Å². The fourth-order valence-corrected chi connectivity index (χ4v) is 3.95. The van der Waals surface area contributed by atoms with Crippen LogP contribution in [0.4, 0.5) is 5.69 Å². The van der Waals surface area contributed by atoms with E-state index in [0.29, 0.717) is 12.1 Å². The number of nitrogens with zero attached hydrogens (tertiary/aromatic N) is 3. The molecule has 0 aromatic carbocycles. The molecule has 2 rings (SSSR count). The summed E-state index contributed by atoms with van der Waals surface area (Å²) in [5.74, 6) is -1.03. The molecule has 1 N–H and O–H groups in total. The van der Waals surface area contributed by atoms with Crippen molar-refractivity contribution in [1.29, 1.82) is 5.26 Å². The van der Waals surface area contributed by atoms with E-state index in [-0.39, 0.29) is 29.8 Å². The van der Waals surface area contributed by atoms with Crippen LogP contribution in [-0.2, 0) is 14.6 Å². The topological polar surface area (TPSA) is 111 Å². The molecule has 1 aliphatic rings. The number of aliphatic carboxylic acids is 1. The average Bonchev–Trinajstić information content (AvgIpc) is 2.76. The van der Waals surface area contributed by atoms with Gasteiger partial charge in [0.2, 0.25) is 0 Å². The molecular weight excluding hydrogens is 282 g/mol. The minimum Gasteiger partial charge on any atom is -0.480 e. The van der Waals surface area contributed by atoms with Gasteiger partial charge in [0.25, 0.3) is 0 Å². The molecule has 8 heteroatoms. The van der Waals surface area contributed by atoms with E-state index in [1.807, 2.05) is 6.07 Å². The summed E-state index contributed by atoms with van der Waals surface area (Å²) in [5, 5.41) is 17.7. The summed E-state index contributed by atoms with van der Waals surface area (Å²) >= 11 is 0.